The molecule has 0 aromatic heterocycles. The third kappa shape index (κ3) is 3.77. The predicted octanol–water partition coefficient (Wildman–Crippen LogP) is 4.03. The Morgan fingerprint density at radius 1 is 1.09 bits per heavy atom. The first-order chi connectivity index (χ1) is 16.2. The monoisotopic (exact) mass is 467 g/mol. The van der Waals surface area contributed by atoms with Gasteiger partial charge in [-0.15, -0.1) is 0 Å². The highest BCUT2D eigenvalue weighted by Gasteiger charge is 2.43. The lowest BCUT2D eigenvalue weighted by Crippen LogP contribution is -2.59. The van der Waals surface area contributed by atoms with E-state index in [2.05, 4.69) is 6.58 Å². The van der Waals surface area contributed by atoms with Crippen molar-refractivity contribution in [3.05, 3.63) is 94.4 Å². The van der Waals surface area contributed by atoms with Gasteiger partial charge in [-0.05, 0) is 67.2 Å². The molecule has 0 saturated carbocycles. The molecule has 6 nitrogen and oxygen atoms in total. The van der Waals surface area contributed by atoms with E-state index in [4.69, 9.17) is 0 Å². The lowest BCUT2D eigenvalue weighted by Gasteiger charge is -2.48. The largest absolute Gasteiger partial charge is 0.503 e. The van der Waals surface area contributed by atoms with E-state index in [9.17, 15) is 23.5 Å². The normalized spacial score (nSPS) is 18.5. The minimum atomic E-state index is -0.792. The fraction of sp³-hybridized carbons (Fsp3) is 0.308. The Morgan fingerprint density at radius 2 is 1.62 bits per heavy atom. The number of carbonyl (C=O) groups excluding carboxylic acids is 2. The first kappa shape index (κ1) is 23.6. The fourth-order valence-corrected chi connectivity index (χ4v) is 4.77. The van der Waals surface area contributed by atoms with E-state index in [1.807, 2.05) is 13.8 Å². The average molecular weight is 468 g/mol. The molecule has 0 unspecified atom stereocenters. The Bertz CT molecular complexity index is 1150. The summed E-state index contributed by atoms with van der Waals surface area (Å²) >= 11 is 0. The fourth-order valence-electron chi connectivity index (χ4n) is 4.77. The Labute approximate surface area is 197 Å². The zero-order chi connectivity index (χ0) is 24.7. The maximum Gasteiger partial charge on any atom is 0.276 e. The van der Waals surface area contributed by atoms with Gasteiger partial charge in [-0.1, -0.05) is 30.8 Å². The molecule has 1 aliphatic heterocycles. The van der Waals surface area contributed by atoms with Crippen molar-refractivity contribution < 1.29 is 23.5 Å². The summed E-state index contributed by atoms with van der Waals surface area (Å²) in [4.78, 5) is 27.0. The highest BCUT2D eigenvalue weighted by Crippen LogP contribution is 2.41. The molecular weight excluding hydrogens is 440 g/mol. The van der Waals surface area contributed by atoms with Crippen LogP contribution in [0.4, 0.5) is 8.78 Å². The zero-order valence-corrected chi connectivity index (χ0v) is 19.4. The lowest BCUT2D eigenvalue weighted by molar-refractivity contribution is -0.155. The number of hydrazine groups is 1. The molecule has 1 saturated heterocycles. The average Bonchev–Trinajstić information content (AvgIpc) is 2.97. The van der Waals surface area contributed by atoms with E-state index in [0.29, 0.717) is 35.1 Å². The Hall–Kier alpha value is -3.52. The summed E-state index contributed by atoms with van der Waals surface area (Å²) in [7, 11) is 1.56. The topological polar surface area (TPSA) is 64.1 Å². The molecule has 0 radical (unpaired) electrons. The minimum absolute atomic E-state index is 0.0859. The number of ketones is 1. The summed E-state index contributed by atoms with van der Waals surface area (Å²) in [5.41, 5.74) is 2.01. The van der Waals surface area contributed by atoms with Crippen molar-refractivity contribution in [2.75, 3.05) is 13.7 Å². The van der Waals surface area contributed by atoms with Crippen molar-refractivity contribution in [1.82, 2.24) is 14.9 Å². The summed E-state index contributed by atoms with van der Waals surface area (Å²) < 4.78 is 29.9. The highest BCUT2D eigenvalue weighted by molar-refractivity contribution is 6.08. The van der Waals surface area contributed by atoms with E-state index in [-0.39, 0.29) is 30.0 Å². The molecule has 1 heterocycles. The molecular formula is C26H27F2N3O3. The molecule has 2 aromatic rings. The van der Waals surface area contributed by atoms with E-state index in [1.165, 1.54) is 22.0 Å². The quantitative estimate of drug-likeness (QED) is 0.543. The number of benzene rings is 2. The number of aliphatic hydroxyl groups is 1. The van der Waals surface area contributed by atoms with Gasteiger partial charge in [-0.25, -0.2) is 8.78 Å². The van der Waals surface area contributed by atoms with Crippen LogP contribution in [0.15, 0.2) is 60.5 Å². The van der Waals surface area contributed by atoms with Crippen molar-refractivity contribution in [2.45, 2.75) is 38.8 Å². The molecule has 1 N–H and O–H groups in total. The number of likely N-dealkylation sites (N-methyl/N-ethyl adjacent to an activating group) is 1. The third-order valence-corrected chi connectivity index (χ3v) is 6.56. The molecule has 178 valence electrons. The number of nitrogens with zero attached hydrogens (tertiary/aromatic N) is 3. The lowest BCUT2D eigenvalue weighted by atomic mass is 9.93. The molecule has 2 aromatic carbocycles. The van der Waals surface area contributed by atoms with Crippen LogP contribution in [0.2, 0.25) is 0 Å². The third-order valence-electron chi connectivity index (χ3n) is 6.56. The number of hydrogen-bond donors (Lipinski definition) is 1. The second-order valence-electron chi connectivity index (χ2n) is 8.76. The highest BCUT2D eigenvalue weighted by atomic mass is 19.1. The molecule has 0 bridgehead atoms. The Morgan fingerprint density at radius 3 is 2.09 bits per heavy atom. The molecule has 1 amide bonds. The van der Waals surface area contributed by atoms with Gasteiger partial charge in [-0.2, -0.15) is 5.01 Å². The van der Waals surface area contributed by atoms with E-state index >= 15 is 0 Å². The van der Waals surface area contributed by atoms with Crippen molar-refractivity contribution in [3.8, 4) is 0 Å². The van der Waals surface area contributed by atoms with Gasteiger partial charge in [-0.3, -0.25) is 14.6 Å². The van der Waals surface area contributed by atoms with Crippen LogP contribution in [0.5, 0.6) is 0 Å². The number of allylic oxidation sites excluding steroid dienone is 1. The van der Waals surface area contributed by atoms with Crippen molar-refractivity contribution in [3.63, 3.8) is 0 Å². The molecule has 34 heavy (non-hydrogen) atoms. The number of amides is 1. The van der Waals surface area contributed by atoms with Crippen LogP contribution < -0.4 is 0 Å². The number of aliphatic hydroxyl groups excluding tert-OH is 1. The Kier molecular flexibility index (Phi) is 6.27. The summed E-state index contributed by atoms with van der Waals surface area (Å²) in [6.07, 6.45) is 1.57. The van der Waals surface area contributed by atoms with Crippen molar-refractivity contribution >= 4 is 11.7 Å². The standard InChI is InChI=1S/C26H27F2N3O3/c1-5-22(32)25(33)24-26(34)30(15(2)3)14-31(29(24)4)23-18-8-6-10-20(27)16(18)12-13-17-19(23)9-7-11-21(17)28/h5-11,15,23,33H,1,12-14H2,2-4H3/b25-24+. The summed E-state index contributed by atoms with van der Waals surface area (Å²) in [5.74, 6) is -2.81. The van der Waals surface area contributed by atoms with Gasteiger partial charge < -0.3 is 10.0 Å². The number of rotatable bonds is 4. The van der Waals surface area contributed by atoms with Crippen LogP contribution in [-0.4, -0.2) is 51.5 Å². The molecule has 8 heteroatoms. The van der Waals surface area contributed by atoms with Gasteiger partial charge in [0.15, 0.2) is 11.5 Å². The van der Waals surface area contributed by atoms with E-state index in [1.54, 1.807) is 36.3 Å². The zero-order valence-electron chi connectivity index (χ0n) is 19.4. The summed E-state index contributed by atoms with van der Waals surface area (Å²) in [5, 5.41) is 13.8. The van der Waals surface area contributed by atoms with Crippen LogP contribution >= 0.6 is 0 Å². The molecule has 4 rings (SSSR count). The first-order valence-corrected chi connectivity index (χ1v) is 11.1. The van der Waals surface area contributed by atoms with Crippen LogP contribution in [0.25, 0.3) is 0 Å². The Balaban J connectivity index is 1.98. The minimum Gasteiger partial charge on any atom is -0.503 e. The van der Waals surface area contributed by atoms with Crippen LogP contribution in [0, 0.1) is 11.6 Å². The van der Waals surface area contributed by atoms with Crippen LogP contribution in [0.1, 0.15) is 42.1 Å². The molecule has 0 spiro atoms. The van der Waals surface area contributed by atoms with Crippen molar-refractivity contribution in [2.24, 2.45) is 0 Å². The van der Waals surface area contributed by atoms with Gasteiger partial charge in [0.1, 0.15) is 11.6 Å². The second kappa shape index (κ2) is 9.02. The van der Waals surface area contributed by atoms with Gasteiger partial charge in [0.2, 0.25) is 5.78 Å². The van der Waals surface area contributed by atoms with E-state index in [0.717, 1.165) is 6.08 Å². The van der Waals surface area contributed by atoms with E-state index < -0.39 is 23.5 Å². The maximum absolute atomic E-state index is 14.9. The molecule has 2 aliphatic rings. The SMILES string of the molecule is C=CC(=O)/C(O)=C1/C(=O)N(C(C)C)CN(C2c3cccc(F)c3CCc3c(F)cccc32)N1C. The first-order valence-electron chi connectivity index (χ1n) is 11.1. The van der Waals surface area contributed by atoms with Crippen LogP contribution in [-0.2, 0) is 22.4 Å². The van der Waals surface area contributed by atoms with Crippen LogP contribution in [0.3, 0.4) is 0 Å². The maximum atomic E-state index is 14.9. The summed E-state index contributed by atoms with van der Waals surface area (Å²) in [6.45, 7) is 7.12. The van der Waals surface area contributed by atoms with Gasteiger partial charge in [0, 0.05) is 13.1 Å². The van der Waals surface area contributed by atoms with Gasteiger partial charge in [0.25, 0.3) is 5.91 Å². The van der Waals surface area contributed by atoms with Crippen molar-refractivity contribution in [1.29, 1.82) is 0 Å². The molecule has 1 aliphatic carbocycles. The second-order valence-corrected chi connectivity index (χ2v) is 8.76. The predicted molar refractivity (Wildman–Crippen MR) is 123 cm³/mol. The number of carbonyl (C=O) groups is 2. The number of hydrogen-bond acceptors (Lipinski definition) is 5. The van der Waals surface area contributed by atoms with Gasteiger partial charge in [0.05, 0.1) is 12.7 Å². The summed E-state index contributed by atoms with van der Waals surface area (Å²) in [6, 6.07) is 8.64. The number of halogens is 2. The molecule has 1 fully saturated rings. The molecule has 0 atom stereocenters. The smallest absolute Gasteiger partial charge is 0.276 e. The number of fused-ring (bicyclic) bond motifs is 2. The van der Waals surface area contributed by atoms with Gasteiger partial charge >= 0.3 is 0 Å².